The number of pyridine rings is 1. The van der Waals surface area contributed by atoms with Crippen LogP contribution in [0.2, 0.25) is 18.1 Å². The van der Waals surface area contributed by atoms with Crippen molar-refractivity contribution in [3.05, 3.63) is 71.9 Å². The third kappa shape index (κ3) is 7.12. The maximum absolute atomic E-state index is 6.81. The van der Waals surface area contributed by atoms with Crippen LogP contribution >= 0.6 is 0 Å². The molecule has 0 saturated carbocycles. The van der Waals surface area contributed by atoms with Crippen molar-refractivity contribution < 1.29 is 8.84 Å². The first-order valence-electron chi connectivity index (χ1n) is 12.3. The van der Waals surface area contributed by atoms with Gasteiger partial charge in [0.25, 0.3) is 0 Å². The van der Waals surface area contributed by atoms with E-state index in [9.17, 15) is 0 Å². The van der Waals surface area contributed by atoms with Gasteiger partial charge in [-0.15, -0.1) is 0 Å². The maximum Gasteiger partial charge on any atom is 0.222 e. The molecular weight excluding hydrogens is 424 g/mol. The van der Waals surface area contributed by atoms with Gasteiger partial charge in [0.1, 0.15) is 11.8 Å². The fraction of sp³-hybridized carbons (Fsp3) is 0.500. The predicted octanol–water partition coefficient (Wildman–Crippen LogP) is 8.30. The van der Waals surface area contributed by atoms with Gasteiger partial charge in [-0.25, -0.2) is 4.98 Å². The van der Waals surface area contributed by atoms with Gasteiger partial charge >= 0.3 is 0 Å². The zero-order valence-electron chi connectivity index (χ0n) is 21.2. The molecule has 2 heterocycles. The van der Waals surface area contributed by atoms with Gasteiger partial charge < -0.3 is 8.84 Å². The minimum Gasteiger partial charge on any atom is -0.436 e. The lowest BCUT2D eigenvalue weighted by Gasteiger charge is -2.38. The second-order valence-electron chi connectivity index (χ2n) is 10.5. The van der Waals surface area contributed by atoms with Crippen LogP contribution in [0.1, 0.15) is 76.0 Å². The third-order valence-electron chi connectivity index (χ3n) is 6.81. The molecule has 1 unspecified atom stereocenters. The van der Waals surface area contributed by atoms with Crippen molar-refractivity contribution in [2.75, 3.05) is 0 Å². The summed E-state index contributed by atoms with van der Waals surface area (Å²) in [4.78, 5) is 9.14. The maximum atomic E-state index is 6.81. The van der Waals surface area contributed by atoms with E-state index in [1.165, 1.54) is 24.8 Å². The number of rotatable bonds is 11. The third-order valence-corrected chi connectivity index (χ3v) is 11.3. The fourth-order valence-corrected chi connectivity index (χ4v) is 5.00. The van der Waals surface area contributed by atoms with Crippen LogP contribution in [-0.4, -0.2) is 18.3 Å². The summed E-state index contributed by atoms with van der Waals surface area (Å²) < 4.78 is 13.0. The molecule has 4 nitrogen and oxygen atoms in total. The second-order valence-corrected chi connectivity index (χ2v) is 15.3. The molecule has 0 aliphatic carbocycles. The number of hydrogen-bond acceptors (Lipinski definition) is 4. The highest BCUT2D eigenvalue weighted by molar-refractivity contribution is 6.74. The zero-order chi connectivity index (χ0) is 23.9. The Morgan fingerprint density at radius 3 is 2.36 bits per heavy atom. The molecule has 5 heteroatoms. The number of aromatic nitrogens is 2. The van der Waals surface area contributed by atoms with Gasteiger partial charge in [-0.1, -0.05) is 76.4 Å². The van der Waals surface area contributed by atoms with Crippen molar-refractivity contribution in [2.24, 2.45) is 0 Å². The topological polar surface area (TPSA) is 48.2 Å². The number of nitrogens with zero attached hydrogens (tertiary/aromatic N) is 2. The molecule has 2 aromatic heterocycles. The smallest absolute Gasteiger partial charge is 0.222 e. The average molecular weight is 465 g/mol. The largest absolute Gasteiger partial charge is 0.436 e. The van der Waals surface area contributed by atoms with Crippen molar-refractivity contribution in [1.82, 2.24) is 9.97 Å². The first-order chi connectivity index (χ1) is 15.7. The van der Waals surface area contributed by atoms with Crippen LogP contribution in [0.3, 0.4) is 0 Å². The van der Waals surface area contributed by atoms with E-state index in [-0.39, 0.29) is 11.1 Å². The van der Waals surface area contributed by atoms with Gasteiger partial charge in [0.15, 0.2) is 14.1 Å². The highest BCUT2D eigenvalue weighted by atomic mass is 28.4. The average Bonchev–Trinajstić information content (AvgIpc) is 3.25. The van der Waals surface area contributed by atoms with E-state index < -0.39 is 8.32 Å². The summed E-state index contributed by atoms with van der Waals surface area (Å²) in [6, 6.07) is 14.7. The molecule has 0 amide bonds. The lowest BCUT2D eigenvalue weighted by molar-refractivity contribution is 0.139. The Kier molecular flexibility index (Phi) is 8.66. The summed E-state index contributed by atoms with van der Waals surface area (Å²) in [5, 5.41) is 0.133. The van der Waals surface area contributed by atoms with Crippen LogP contribution in [0.4, 0.5) is 0 Å². The molecule has 0 N–H and O–H groups in total. The van der Waals surface area contributed by atoms with Gasteiger partial charge in [0.05, 0.1) is 6.20 Å². The minimum atomic E-state index is -1.97. The number of oxazole rings is 1. The molecule has 1 atom stereocenters. The molecule has 0 saturated heterocycles. The highest BCUT2D eigenvalue weighted by Crippen LogP contribution is 2.41. The molecule has 178 valence electrons. The highest BCUT2D eigenvalue weighted by Gasteiger charge is 2.40. The Hall–Kier alpha value is -2.24. The lowest BCUT2D eigenvalue weighted by atomic mass is 10.0. The van der Waals surface area contributed by atoms with E-state index in [4.69, 9.17) is 8.84 Å². The van der Waals surface area contributed by atoms with Crippen LogP contribution in [0.15, 0.2) is 59.3 Å². The Morgan fingerprint density at radius 1 is 0.939 bits per heavy atom. The molecule has 33 heavy (non-hydrogen) atoms. The van der Waals surface area contributed by atoms with E-state index >= 15 is 0 Å². The second kappa shape index (κ2) is 11.3. The Balaban J connectivity index is 1.64. The van der Waals surface area contributed by atoms with Gasteiger partial charge in [0, 0.05) is 6.20 Å². The molecule has 1 aromatic carbocycles. The van der Waals surface area contributed by atoms with Crippen LogP contribution < -0.4 is 0 Å². The fourth-order valence-electron chi connectivity index (χ4n) is 3.71. The van der Waals surface area contributed by atoms with E-state index in [2.05, 4.69) is 74.2 Å². The van der Waals surface area contributed by atoms with E-state index in [0.29, 0.717) is 5.89 Å². The molecule has 0 aliphatic heterocycles. The van der Waals surface area contributed by atoms with E-state index in [1.54, 1.807) is 12.4 Å². The molecule has 0 radical (unpaired) electrons. The number of unbranched alkanes of at least 4 members (excludes halogenated alkanes) is 3. The number of benzene rings is 1. The normalized spacial score (nSPS) is 13.3. The summed E-state index contributed by atoms with van der Waals surface area (Å²) in [7, 11) is -1.97. The van der Waals surface area contributed by atoms with Crippen molar-refractivity contribution in [3.63, 3.8) is 0 Å². The molecule has 0 spiro atoms. The summed E-state index contributed by atoms with van der Waals surface area (Å²) in [5.41, 5.74) is 3.36. The summed E-state index contributed by atoms with van der Waals surface area (Å²) in [6.45, 7) is 13.5. The molecule has 3 rings (SSSR count). The van der Waals surface area contributed by atoms with Crippen molar-refractivity contribution in [3.8, 4) is 11.5 Å². The van der Waals surface area contributed by atoms with Gasteiger partial charge in [-0.2, -0.15) is 0 Å². The van der Waals surface area contributed by atoms with Crippen LogP contribution in [0, 0.1) is 6.92 Å². The predicted molar refractivity (Wildman–Crippen MR) is 139 cm³/mol. The quantitative estimate of drug-likeness (QED) is 0.211. The Bertz CT molecular complexity index is 992. The first kappa shape index (κ1) is 25.4. The van der Waals surface area contributed by atoms with Crippen molar-refractivity contribution in [2.45, 2.75) is 90.5 Å². The summed E-state index contributed by atoms with van der Waals surface area (Å²) in [6.07, 6.45) is 10.3. The SMILES string of the molecule is Cc1cccnc1-c1cnc(C(CCCCCCc2ccccc2)O[Si](C)(C)C(C)(C)C)o1. The molecule has 3 aromatic rings. The van der Waals surface area contributed by atoms with Gasteiger partial charge in [0.2, 0.25) is 5.89 Å². The first-order valence-corrected chi connectivity index (χ1v) is 15.2. The number of hydrogen-bond donors (Lipinski definition) is 0. The summed E-state index contributed by atoms with van der Waals surface area (Å²) in [5.74, 6) is 1.40. The van der Waals surface area contributed by atoms with Crippen molar-refractivity contribution >= 4 is 8.32 Å². The molecule has 0 bridgehead atoms. The Labute approximate surface area is 201 Å². The van der Waals surface area contributed by atoms with Gasteiger partial charge in [-0.3, -0.25) is 4.98 Å². The zero-order valence-corrected chi connectivity index (χ0v) is 22.2. The van der Waals surface area contributed by atoms with Crippen LogP contribution in [0.25, 0.3) is 11.5 Å². The molecule has 0 fully saturated rings. The monoisotopic (exact) mass is 464 g/mol. The van der Waals surface area contributed by atoms with E-state index in [0.717, 1.165) is 36.3 Å². The lowest BCUT2D eigenvalue weighted by Crippen LogP contribution is -2.41. The Morgan fingerprint density at radius 2 is 1.67 bits per heavy atom. The summed E-state index contributed by atoms with van der Waals surface area (Å²) >= 11 is 0. The van der Waals surface area contributed by atoms with Crippen LogP contribution in [0.5, 0.6) is 0 Å². The van der Waals surface area contributed by atoms with Gasteiger partial charge in [-0.05, 0) is 61.5 Å². The van der Waals surface area contributed by atoms with Crippen molar-refractivity contribution in [1.29, 1.82) is 0 Å². The molecular formula is C28H40N2O2Si. The van der Waals surface area contributed by atoms with E-state index in [1.807, 2.05) is 19.1 Å². The molecule has 0 aliphatic rings. The minimum absolute atomic E-state index is 0.113. The number of aryl methyl sites for hydroxylation is 2. The van der Waals surface area contributed by atoms with Crippen LogP contribution in [-0.2, 0) is 10.8 Å². The standard InChI is InChI=1S/C28H40N2O2Si/c1-22-15-14-20-29-26(22)25-21-30-27(31-25)24(32-33(5,6)28(2,3)4)19-13-8-7-10-16-23-17-11-9-12-18-23/h9,11-12,14-15,17-18,20-21,24H,7-8,10,13,16,19H2,1-6H3.